The van der Waals surface area contributed by atoms with Crippen LogP contribution in [0.4, 0.5) is 8.78 Å². The van der Waals surface area contributed by atoms with Crippen LogP contribution < -0.4 is 11.4 Å². The van der Waals surface area contributed by atoms with Crippen LogP contribution in [0.15, 0.2) is 63.0 Å². The number of hydrogen-bond donors (Lipinski definition) is 1. The number of H-pyrrole nitrogens is 1. The van der Waals surface area contributed by atoms with Gasteiger partial charge in [0.1, 0.15) is 22.9 Å². The monoisotopic (exact) mass is 861 g/mol. The van der Waals surface area contributed by atoms with Gasteiger partial charge in [-0.2, -0.15) is 10.2 Å². The molecule has 1 atom stereocenters. The van der Waals surface area contributed by atoms with Gasteiger partial charge in [-0.3, -0.25) is 28.1 Å². The van der Waals surface area contributed by atoms with Crippen molar-refractivity contribution < 1.29 is 22.8 Å². The molecule has 16 nitrogen and oxygen atoms in total. The first-order valence-corrected chi connectivity index (χ1v) is 21.3. The Morgan fingerprint density at radius 3 is 2.53 bits per heavy atom. The van der Waals surface area contributed by atoms with Gasteiger partial charge < -0.3 is 14.2 Å². The second kappa shape index (κ2) is 13.5. The maximum atomic E-state index is 16.0. The van der Waals surface area contributed by atoms with Gasteiger partial charge >= 0.3 is 11.4 Å². The van der Waals surface area contributed by atoms with Crippen molar-refractivity contribution in [2.24, 2.45) is 7.05 Å². The first-order valence-electron chi connectivity index (χ1n) is 20.5. The fourth-order valence-corrected chi connectivity index (χ4v) is 10.6. The Morgan fingerprint density at radius 1 is 1.03 bits per heavy atom. The number of nitrogens with zero attached hydrogens (tertiary/aromatic N) is 10. The number of aryl methyl sites for hydroxylation is 3. The smallest absolute Gasteiger partial charge is 0.376 e. The summed E-state index contributed by atoms with van der Waals surface area (Å²) in [5.74, 6) is -1.06. The summed E-state index contributed by atoms with van der Waals surface area (Å²) in [7, 11) is 1.71. The Morgan fingerprint density at radius 2 is 1.81 bits per heavy atom. The van der Waals surface area contributed by atoms with E-state index >= 15 is 13.6 Å². The van der Waals surface area contributed by atoms with Crippen molar-refractivity contribution in [2.45, 2.75) is 83.4 Å². The zero-order valence-corrected chi connectivity index (χ0v) is 35.3. The number of aromatic nitrogens is 10. The minimum atomic E-state index is -0.848. The molecule has 8 aromatic rings. The zero-order chi connectivity index (χ0) is 43.0. The number of thiazole rings is 1. The molecule has 6 aromatic heterocycles. The van der Waals surface area contributed by atoms with Gasteiger partial charge in [0.15, 0.2) is 17.3 Å². The van der Waals surface area contributed by atoms with E-state index in [9.17, 15) is 9.59 Å². The van der Waals surface area contributed by atoms with Crippen molar-refractivity contribution in [1.29, 1.82) is 0 Å². The minimum absolute atomic E-state index is 0.0416. The van der Waals surface area contributed by atoms with Crippen LogP contribution in [0.2, 0.25) is 0 Å². The van der Waals surface area contributed by atoms with Crippen LogP contribution in [0.25, 0.3) is 38.4 Å². The highest BCUT2D eigenvalue weighted by Gasteiger charge is 2.53. The average Bonchev–Trinajstić information content (AvgIpc) is 3.84. The van der Waals surface area contributed by atoms with E-state index in [0.717, 1.165) is 22.5 Å². The summed E-state index contributed by atoms with van der Waals surface area (Å²) in [5, 5.41) is 14.5. The molecule has 0 spiro atoms. The van der Waals surface area contributed by atoms with E-state index in [1.807, 2.05) is 10.6 Å². The molecule has 0 unspecified atom stereocenters. The van der Waals surface area contributed by atoms with Crippen LogP contribution in [-0.4, -0.2) is 77.9 Å². The molecule has 2 fully saturated rings. The Bertz CT molecular complexity index is 3260. The van der Waals surface area contributed by atoms with Gasteiger partial charge in [-0.05, 0) is 94.8 Å². The number of fused-ring (bicyclic) bond motifs is 3. The quantitative estimate of drug-likeness (QED) is 0.199. The average molecular weight is 862 g/mol. The van der Waals surface area contributed by atoms with Crippen molar-refractivity contribution in [3.63, 3.8) is 0 Å². The van der Waals surface area contributed by atoms with Gasteiger partial charge in [-0.25, -0.2) is 28.0 Å². The topological polar surface area (TPSA) is 169 Å². The second-order valence-electron chi connectivity index (χ2n) is 17.3. The molecule has 1 aliphatic carbocycles. The Kier molecular flexibility index (Phi) is 8.38. The van der Waals surface area contributed by atoms with E-state index in [0.29, 0.717) is 89.0 Å². The van der Waals surface area contributed by atoms with Gasteiger partial charge in [0.25, 0.3) is 5.91 Å². The molecule has 8 heterocycles. The molecule has 19 heteroatoms. The normalized spacial score (nSPS) is 18.2. The van der Waals surface area contributed by atoms with Crippen molar-refractivity contribution in [3.05, 3.63) is 121 Å². The van der Waals surface area contributed by atoms with Crippen molar-refractivity contribution in [2.75, 3.05) is 13.2 Å². The third-order valence-electron chi connectivity index (χ3n) is 12.7. The lowest BCUT2D eigenvalue weighted by molar-refractivity contribution is -0.0593. The van der Waals surface area contributed by atoms with E-state index in [1.165, 1.54) is 27.6 Å². The highest BCUT2D eigenvalue weighted by atomic mass is 32.1. The van der Waals surface area contributed by atoms with Crippen LogP contribution in [-0.2, 0) is 30.3 Å². The molecule has 3 aliphatic rings. The maximum Gasteiger partial charge on any atom is 0.438 e. The van der Waals surface area contributed by atoms with Crippen LogP contribution >= 0.6 is 11.3 Å². The van der Waals surface area contributed by atoms with E-state index in [2.05, 4.69) is 29.1 Å². The summed E-state index contributed by atoms with van der Waals surface area (Å²) in [6, 6.07) is 8.45. The van der Waals surface area contributed by atoms with E-state index in [-0.39, 0.29) is 40.9 Å². The number of aromatic amines is 1. The molecule has 2 aromatic carbocycles. The van der Waals surface area contributed by atoms with Gasteiger partial charge in [-0.1, -0.05) is 5.16 Å². The lowest BCUT2D eigenvalue weighted by Crippen LogP contribution is -2.38. The highest BCUT2D eigenvalue weighted by molar-refractivity contribution is 7.18. The summed E-state index contributed by atoms with van der Waals surface area (Å²) >= 11 is 1.56. The Hall–Kier alpha value is -6.47. The summed E-state index contributed by atoms with van der Waals surface area (Å²) in [4.78, 5) is 51.5. The summed E-state index contributed by atoms with van der Waals surface area (Å²) < 4.78 is 50.5. The Labute approximate surface area is 354 Å². The number of halogens is 2. The third kappa shape index (κ3) is 5.80. The fraction of sp³-hybridized carbons (Fsp3) is 0.372. The number of carbonyl (C=O) groups excluding carboxylic acids is 1. The SMILES string of the molecule is Cc1cc(-n2nc3c(c2-n2ccn(-c4ccc5c(cnn5C)c4F)c2=O)CN(C(=O)c2cc4sc([C@H]5CCOC(C)(C)C5)nc4n2C2(c4noc(=O)[nH]4)CC2)CC3)cc(C)c1F. The van der Waals surface area contributed by atoms with Gasteiger partial charge in [0.05, 0.1) is 56.0 Å². The Balaban J connectivity index is 1.03. The van der Waals surface area contributed by atoms with Crippen molar-refractivity contribution in [3.8, 4) is 17.2 Å². The fourth-order valence-electron chi connectivity index (χ4n) is 9.48. The highest BCUT2D eigenvalue weighted by Crippen LogP contribution is 2.52. The van der Waals surface area contributed by atoms with Crippen molar-refractivity contribution >= 4 is 38.5 Å². The molecule has 2 aliphatic heterocycles. The van der Waals surface area contributed by atoms with E-state index in [4.69, 9.17) is 19.3 Å². The predicted molar refractivity (Wildman–Crippen MR) is 224 cm³/mol. The van der Waals surface area contributed by atoms with Crippen LogP contribution in [0.5, 0.6) is 0 Å². The molecule has 11 rings (SSSR count). The number of imidazole rings is 1. The van der Waals surface area contributed by atoms with Gasteiger partial charge in [0, 0.05) is 50.5 Å². The zero-order valence-electron chi connectivity index (χ0n) is 34.5. The first kappa shape index (κ1) is 38.5. The lowest BCUT2D eigenvalue weighted by atomic mass is 9.89. The van der Waals surface area contributed by atoms with Crippen LogP contribution in [0, 0.1) is 25.5 Å². The second-order valence-corrected chi connectivity index (χ2v) is 18.4. The molecule has 1 amide bonds. The molecule has 1 saturated heterocycles. The number of nitrogens with one attached hydrogen (secondary N) is 1. The van der Waals surface area contributed by atoms with Crippen LogP contribution in [0.3, 0.4) is 0 Å². The van der Waals surface area contributed by atoms with Gasteiger partial charge in [-0.15, -0.1) is 11.3 Å². The lowest BCUT2D eigenvalue weighted by Gasteiger charge is -2.34. The number of carbonyl (C=O) groups is 1. The molecular formula is C43H41F2N11O5S. The maximum absolute atomic E-state index is 16.0. The summed E-state index contributed by atoms with van der Waals surface area (Å²) in [5.41, 5.74) is 2.50. The molecular weight excluding hydrogens is 821 g/mol. The van der Waals surface area contributed by atoms with Crippen molar-refractivity contribution in [1.82, 2.24) is 53.3 Å². The van der Waals surface area contributed by atoms with E-state index in [1.54, 1.807) is 70.9 Å². The van der Waals surface area contributed by atoms with E-state index < -0.39 is 22.8 Å². The molecule has 1 saturated carbocycles. The molecule has 0 radical (unpaired) electrons. The first-order chi connectivity index (χ1) is 29.7. The summed E-state index contributed by atoms with van der Waals surface area (Å²) in [6.07, 6.45) is 7.64. The van der Waals surface area contributed by atoms with Gasteiger partial charge in [0.2, 0.25) is 0 Å². The standard InChI is InChI=1S/C43H41F2N11O5S/c1-22-16-25(17-23(2)33(22)44)56-37(54-14-13-53(41(54)59)30-7-6-29-26(34(30)45)20-46-51(29)5)27-21-52(12-8-28(27)49-56)38(57)31-18-32-35(47-36(62-32)24-9-15-60-42(3,4)19-24)55(31)43(10-11-43)39-48-40(58)61-50-39/h6-7,13-14,16-18,20,24H,8-12,15,19,21H2,1-5H3,(H,48,50,58)/t24-/m0/s1. The molecule has 318 valence electrons. The molecule has 0 bridgehead atoms. The third-order valence-corrected chi connectivity index (χ3v) is 13.9. The molecule has 62 heavy (non-hydrogen) atoms. The number of rotatable bonds is 7. The number of hydrogen-bond acceptors (Lipinski definition) is 10. The number of amides is 1. The number of ether oxygens (including phenoxy) is 1. The van der Waals surface area contributed by atoms with Crippen LogP contribution in [0.1, 0.15) is 89.2 Å². The summed E-state index contributed by atoms with van der Waals surface area (Å²) in [6.45, 7) is 8.49. The largest absolute Gasteiger partial charge is 0.438 e. The molecule has 1 N–H and O–H groups in total. The minimum Gasteiger partial charge on any atom is -0.376 e. The number of benzene rings is 2. The predicted octanol–water partition coefficient (Wildman–Crippen LogP) is 6.09.